The fourth-order valence-electron chi connectivity index (χ4n) is 1.51. The Kier molecular flexibility index (Phi) is 5.52. The van der Waals surface area contributed by atoms with Gasteiger partial charge in [-0.1, -0.05) is 0 Å². The van der Waals surface area contributed by atoms with Crippen LogP contribution < -0.4 is 0 Å². The Morgan fingerprint density at radius 3 is 2.58 bits per heavy atom. The number of carbonyl (C=O) groups excluding carboxylic acids is 1. The molecule has 1 aliphatic rings. The van der Waals surface area contributed by atoms with Gasteiger partial charge in [0.05, 0.1) is 12.9 Å². The van der Waals surface area contributed by atoms with Gasteiger partial charge >= 0.3 is 6.09 Å². The van der Waals surface area contributed by atoms with Gasteiger partial charge in [-0.3, -0.25) is 4.18 Å². The average molecular weight is 311 g/mol. The van der Waals surface area contributed by atoms with Gasteiger partial charge in [0.25, 0.3) is 10.1 Å². The van der Waals surface area contributed by atoms with Crippen LogP contribution in [-0.4, -0.2) is 62.0 Å². The third-order valence-corrected chi connectivity index (χ3v) is 4.00. The van der Waals surface area contributed by atoms with Crippen molar-refractivity contribution in [1.82, 2.24) is 4.90 Å². The lowest BCUT2D eigenvalue weighted by atomic mass is 10.2. The standard InChI is InChI=1S/C11H21NO5S2/c1-11(2,3)17-10(13)12-5-6-18-9(7-12)8-16-19(4,14)15/h9H,5-8H2,1-4H3. The normalized spacial score (nSPS) is 21.3. The highest BCUT2D eigenvalue weighted by molar-refractivity contribution is 8.00. The number of rotatable bonds is 3. The van der Waals surface area contributed by atoms with Crippen LogP contribution in [-0.2, 0) is 19.0 Å². The minimum Gasteiger partial charge on any atom is -0.444 e. The number of amides is 1. The number of ether oxygens (including phenoxy) is 1. The van der Waals surface area contributed by atoms with Gasteiger partial charge in [-0.2, -0.15) is 20.2 Å². The first-order valence-electron chi connectivity index (χ1n) is 6.01. The Bertz CT molecular complexity index is 415. The second-order valence-electron chi connectivity index (χ2n) is 5.41. The van der Waals surface area contributed by atoms with Crippen molar-refractivity contribution in [3.8, 4) is 0 Å². The van der Waals surface area contributed by atoms with Crippen LogP contribution in [0.15, 0.2) is 0 Å². The van der Waals surface area contributed by atoms with Crippen LogP contribution in [0.5, 0.6) is 0 Å². The van der Waals surface area contributed by atoms with Gasteiger partial charge in [-0.05, 0) is 20.8 Å². The van der Waals surface area contributed by atoms with E-state index in [1.807, 2.05) is 20.8 Å². The summed E-state index contributed by atoms with van der Waals surface area (Å²) in [6.07, 6.45) is 0.656. The van der Waals surface area contributed by atoms with Crippen molar-refractivity contribution in [2.75, 3.05) is 31.7 Å². The van der Waals surface area contributed by atoms with Crippen molar-refractivity contribution >= 4 is 28.0 Å². The molecule has 1 fully saturated rings. The molecule has 0 aliphatic carbocycles. The van der Waals surface area contributed by atoms with Crippen molar-refractivity contribution in [2.24, 2.45) is 0 Å². The summed E-state index contributed by atoms with van der Waals surface area (Å²) < 4.78 is 31.9. The van der Waals surface area contributed by atoms with E-state index in [0.29, 0.717) is 13.1 Å². The largest absolute Gasteiger partial charge is 0.444 e. The second-order valence-corrected chi connectivity index (χ2v) is 8.46. The van der Waals surface area contributed by atoms with Gasteiger partial charge in [-0.25, -0.2) is 4.79 Å². The van der Waals surface area contributed by atoms with Crippen LogP contribution in [0.3, 0.4) is 0 Å². The lowest BCUT2D eigenvalue weighted by Crippen LogP contribution is -2.45. The van der Waals surface area contributed by atoms with E-state index in [1.54, 1.807) is 16.7 Å². The lowest BCUT2D eigenvalue weighted by molar-refractivity contribution is 0.0252. The molecule has 1 rings (SSSR count). The molecule has 19 heavy (non-hydrogen) atoms. The summed E-state index contributed by atoms with van der Waals surface area (Å²) in [6.45, 7) is 6.57. The molecule has 1 atom stereocenters. The van der Waals surface area contributed by atoms with E-state index in [2.05, 4.69) is 0 Å². The minimum atomic E-state index is -3.44. The zero-order valence-corrected chi connectivity index (χ0v) is 13.3. The topological polar surface area (TPSA) is 72.9 Å². The van der Waals surface area contributed by atoms with Crippen LogP contribution in [0, 0.1) is 0 Å². The highest BCUT2D eigenvalue weighted by Crippen LogP contribution is 2.21. The molecule has 112 valence electrons. The van der Waals surface area contributed by atoms with E-state index in [1.165, 1.54) is 0 Å². The molecule has 6 nitrogen and oxygen atoms in total. The Morgan fingerprint density at radius 1 is 1.42 bits per heavy atom. The van der Waals surface area contributed by atoms with Gasteiger partial charge < -0.3 is 9.64 Å². The summed E-state index contributed by atoms with van der Waals surface area (Å²) in [7, 11) is -3.44. The SMILES string of the molecule is CC(C)(C)OC(=O)N1CCSC(COS(C)(=O)=O)C1. The van der Waals surface area contributed by atoms with Gasteiger partial charge in [0, 0.05) is 24.1 Å². The molecule has 1 unspecified atom stereocenters. The highest BCUT2D eigenvalue weighted by atomic mass is 32.2. The van der Waals surface area contributed by atoms with Crippen molar-refractivity contribution in [2.45, 2.75) is 31.6 Å². The maximum atomic E-state index is 11.9. The van der Waals surface area contributed by atoms with Crippen LogP contribution in [0.25, 0.3) is 0 Å². The molecule has 8 heteroatoms. The predicted molar refractivity (Wildman–Crippen MR) is 74.8 cm³/mol. The molecule has 0 saturated carbocycles. The van der Waals surface area contributed by atoms with Gasteiger partial charge in [0.1, 0.15) is 5.60 Å². The molecule has 0 spiro atoms. The molecular formula is C11H21NO5S2. The highest BCUT2D eigenvalue weighted by Gasteiger charge is 2.28. The molecule has 0 aromatic carbocycles. The molecule has 0 bridgehead atoms. The summed E-state index contributed by atoms with van der Waals surface area (Å²) in [5.41, 5.74) is -0.527. The molecule has 1 amide bonds. The number of hydrogen-bond acceptors (Lipinski definition) is 6. The molecule has 0 radical (unpaired) electrons. The van der Waals surface area contributed by atoms with Crippen LogP contribution in [0.2, 0.25) is 0 Å². The van der Waals surface area contributed by atoms with E-state index in [9.17, 15) is 13.2 Å². The summed E-state index contributed by atoms with van der Waals surface area (Å²) in [4.78, 5) is 13.5. The maximum Gasteiger partial charge on any atom is 0.410 e. The summed E-state index contributed by atoms with van der Waals surface area (Å²) in [6, 6.07) is 0. The zero-order valence-electron chi connectivity index (χ0n) is 11.7. The molecule has 0 N–H and O–H groups in total. The summed E-state index contributed by atoms with van der Waals surface area (Å²) in [5, 5.41) is -0.0454. The zero-order chi connectivity index (χ0) is 14.7. The monoisotopic (exact) mass is 311 g/mol. The van der Waals surface area contributed by atoms with E-state index in [0.717, 1.165) is 12.0 Å². The first-order valence-corrected chi connectivity index (χ1v) is 8.87. The fourth-order valence-corrected chi connectivity index (χ4v) is 3.12. The third kappa shape index (κ3) is 7.03. The van der Waals surface area contributed by atoms with Gasteiger partial charge in [0.15, 0.2) is 0 Å². The number of nitrogens with zero attached hydrogens (tertiary/aromatic N) is 1. The summed E-state index contributed by atoms with van der Waals surface area (Å²) in [5.74, 6) is 0.747. The van der Waals surface area contributed by atoms with Gasteiger partial charge in [0.2, 0.25) is 0 Å². The van der Waals surface area contributed by atoms with Gasteiger partial charge in [-0.15, -0.1) is 0 Å². The van der Waals surface area contributed by atoms with Crippen molar-refractivity contribution in [3.05, 3.63) is 0 Å². The van der Waals surface area contributed by atoms with E-state index < -0.39 is 15.7 Å². The van der Waals surface area contributed by atoms with Crippen LogP contribution >= 0.6 is 11.8 Å². The fraction of sp³-hybridized carbons (Fsp3) is 0.909. The molecule has 0 aromatic rings. The van der Waals surface area contributed by atoms with Crippen LogP contribution in [0.1, 0.15) is 20.8 Å². The molecule has 0 aromatic heterocycles. The molecular weight excluding hydrogens is 290 g/mol. The Balaban J connectivity index is 2.48. The van der Waals surface area contributed by atoms with E-state index in [-0.39, 0.29) is 18.0 Å². The number of thioether (sulfide) groups is 1. The number of carbonyl (C=O) groups is 1. The lowest BCUT2D eigenvalue weighted by Gasteiger charge is -2.33. The van der Waals surface area contributed by atoms with E-state index in [4.69, 9.17) is 8.92 Å². The predicted octanol–water partition coefficient (Wildman–Crippen LogP) is 1.32. The van der Waals surface area contributed by atoms with Crippen molar-refractivity contribution in [1.29, 1.82) is 0 Å². The molecule has 1 heterocycles. The van der Waals surface area contributed by atoms with Crippen molar-refractivity contribution < 1.29 is 22.1 Å². The van der Waals surface area contributed by atoms with Crippen LogP contribution in [0.4, 0.5) is 4.79 Å². The quantitative estimate of drug-likeness (QED) is 0.732. The Labute approximate surface area is 118 Å². The molecule has 1 aliphatic heterocycles. The smallest absolute Gasteiger partial charge is 0.410 e. The first kappa shape index (κ1) is 16.6. The minimum absolute atomic E-state index is 0.0454. The average Bonchev–Trinajstić information content (AvgIpc) is 2.23. The summed E-state index contributed by atoms with van der Waals surface area (Å²) >= 11 is 1.60. The van der Waals surface area contributed by atoms with Crippen molar-refractivity contribution in [3.63, 3.8) is 0 Å². The molecule has 1 saturated heterocycles. The first-order chi connectivity index (χ1) is 8.57. The second kappa shape index (κ2) is 6.32. The maximum absolute atomic E-state index is 11.9. The Hall–Kier alpha value is -0.470. The third-order valence-electron chi connectivity index (χ3n) is 2.26. The van der Waals surface area contributed by atoms with E-state index >= 15 is 0 Å². The number of hydrogen-bond donors (Lipinski definition) is 0. The Morgan fingerprint density at radius 2 is 2.05 bits per heavy atom.